The van der Waals surface area contributed by atoms with Crippen molar-refractivity contribution in [2.45, 2.75) is 49.1 Å². The summed E-state index contributed by atoms with van der Waals surface area (Å²) < 4.78 is 13.6. The summed E-state index contributed by atoms with van der Waals surface area (Å²) in [5, 5.41) is 58.1. The zero-order chi connectivity index (χ0) is 17.6. The van der Waals surface area contributed by atoms with E-state index in [0.717, 1.165) is 0 Å². The first-order valence-electron chi connectivity index (χ1n) is 7.44. The molecule has 0 bridgehead atoms. The molecule has 136 valence electrons. The Labute approximate surface area is 141 Å². The van der Waals surface area contributed by atoms with Gasteiger partial charge in [0, 0.05) is 12.4 Å². The molecule has 0 aliphatic carbocycles. The van der Waals surface area contributed by atoms with Gasteiger partial charge in [0.15, 0.2) is 17.2 Å². The minimum atomic E-state index is -1.30. The molecule has 2 aliphatic rings. The van der Waals surface area contributed by atoms with Gasteiger partial charge in [0.25, 0.3) is 0 Å². The molecule has 1 aromatic heterocycles. The monoisotopic (exact) mass is 364 g/mol. The van der Waals surface area contributed by atoms with Gasteiger partial charge >= 0.3 is 0 Å². The fourth-order valence-electron chi connectivity index (χ4n) is 3.01. The van der Waals surface area contributed by atoms with Crippen LogP contribution in [0.15, 0.2) is 12.4 Å². The Morgan fingerprint density at radius 3 is 1.46 bits per heavy atom. The summed E-state index contributed by atoms with van der Waals surface area (Å²) in [6.07, 6.45) is -6.09. The second kappa shape index (κ2) is 6.78. The maximum Gasteiger partial charge on any atom is 0.184 e. The van der Waals surface area contributed by atoms with E-state index in [9.17, 15) is 20.4 Å². The minimum Gasteiger partial charge on any atom is -0.394 e. The standard InChI is InChI=1S/C13H20N2O8S/c16-3-5-7(18)9(20)11(22-5)14-1-2-15(13(14)24)12-10(21)8(19)6(4-17)23-12/h1-2,5-12,16-21H,3-4H2/t5-,6-,7-,8-,9-,10-,11-,12-/m1/s1. The van der Waals surface area contributed by atoms with Crippen LogP contribution in [0, 0.1) is 4.77 Å². The first-order valence-corrected chi connectivity index (χ1v) is 7.85. The van der Waals surface area contributed by atoms with E-state index in [4.69, 9.17) is 31.9 Å². The van der Waals surface area contributed by atoms with Crippen molar-refractivity contribution < 1.29 is 40.1 Å². The summed E-state index contributed by atoms with van der Waals surface area (Å²) in [7, 11) is 0. The van der Waals surface area contributed by atoms with Gasteiger partial charge in [-0.2, -0.15) is 0 Å². The van der Waals surface area contributed by atoms with Crippen molar-refractivity contribution >= 4 is 12.2 Å². The summed E-state index contributed by atoms with van der Waals surface area (Å²) in [5.74, 6) is 0. The van der Waals surface area contributed by atoms with Gasteiger partial charge in [0.05, 0.1) is 13.2 Å². The molecule has 0 unspecified atom stereocenters. The fourth-order valence-corrected chi connectivity index (χ4v) is 3.34. The molecule has 0 aromatic carbocycles. The first kappa shape index (κ1) is 17.9. The molecule has 8 atom stereocenters. The van der Waals surface area contributed by atoms with Gasteiger partial charge in [-0.3, -0.25) is 9.13 Å². The van der Waals surface area contributed by atoms with Crippen LogP contribution in [0.5, 0.6) is 0 Å². The molecule has 11 heteroatoms. The summed E-state index contributed by atoms with van der Waals surface area (Å²) in [6.45, 7) is -0.921. The van der Waals surface area contributed by atoms with E-state index in [-0.39, 0.29) is 4.77 Å². The number of hydrogen-bond acceptors (Lipinski definition) is 9. The normalized spacial score (nSPS) is 42.8. The van der Waals surface area contributed by atoms with Crippen molar-refractivity contribution in [2.75, 3.05) is 13.2 Å². The topological polar surface area (TPSA) is 150 Å². The molecule has 1 aromatic rings. The third-order valence-corrected chi connectivity index (χ3v) is 4.83. The summed E-state index contributed by atoms with van der Waals surface area (Å²) >= 11 is 5.29. The smallest absolute Gasteiger partial charge is 0.184 e. The average Bonchev–Trinajstić information content (AvgIpc) is 3.17. The number of aliphatic hydroxyl groups excluding tert-OH is 6. The number of aliphatic hydroxyl groups is 6. The molecular weight excluding hydrogens is 344 g/mol. The predicted octanol–water partition coefficient (Wildman–Crippen LogP) is -2.76. The number of imidazole rings is 1. The number of nitrogens with zero attached hydrogens (tertiary/aromatic N) is 2. The van der Waals surface area contributed by atoms with E-state index in [0.29, 0.717) is 0 Å². The van der Waals surface area contributed by atoms with Crippen LogP contribution in [-0.4, -0.2) is 89.6 Å². The van der Waals surface area contributed by atoms with Crippen LogP contribution < -0.4 is 0 Å². The quantitative estimate of drug-likeness (QED) is 0.312. The Bertz CT molecular complexity index is 585. The largest absolute Gasteiger partial charge is 0.394 e. The molecular formula is C13H20N2O8S. The fraction of sp³-hybridized carbons (Fsp3) is 0.769. The highest BCUT2D eigenvalue weighted by atomic mass is 32.1. The summed E-state index contributed by atoms with van der Waals surface area (Å²) in [5.41, 5.74) is 0. The highest BCUT2D eigenvalue weighted by Crippen LogP contribution is 2.33. The lowest BCUT2D eigenvalue weighted by atomic mass is 10.1. The maximum atomic E-state index is 10.1. The number of rotatable bonds is 4. The second-order valence-electron chi connectivity index (χ2n) is 5.85. The Kier molecular flexibility index (Phi) is 5.06. The molecule has 2 saturated heterocycles. The lowest BCUT2D eigenvalue weighted by Gasteiger charge is -2.19. The molecule has 0 amide bonds. The van der Waals surface area contributed by atoms with Crippen LogP contribution >= 0.6 is 12.2 Å². The molecule has 6 N–H and O–H groups in total. The van der Waals surface area contributed by atoms with Gasteiger partial charge in [0.2, 0.25) is 0 Å². The molecule has 2 aliphatic heterocycles. The molecule has 10 nitrogen and oxygen atoms in total. The van der Waals surface area contributed by atoms with Crippen molar-refractivity contribution in [2.24, 2.45) is 0 Å². The lowest BCUT2D eigenvalue weighted by molar-refractivity contribution is -0.0614. The third-order valence-electron chi connectivity index (χ3n) is 4.41. The van der Waals surface area contributed by atoms with Crippen LogP contribution in [0.2, 0.25) is 0 Å². The van der Waals surface area contributed by atoms with Gasteiger partial charge in [0.1, 0.15) is 36.6 Å². The van der Waals surface area contributed by atoms with Crippen molar-refractivity contribution in [1.82, 2.24) is 9.13 Å². The Hall–Kier alpha value is -0.890. The van der Waals surface area contributed by atoms with Crippen LogP contribution in [0.25, 0.3) is 0 Å². The van der Waals surface area contributed by atoms with Gasteiger partial charge in [-0.25, -0.2) is 0 Å². The van der Waals surface area contributed by atoms with Crippen molar-refractivity contribution in [1.29, 1.82) is 0 Å². The average molecular weight is 364 g/mol. The highest BCUT2D eigenvalue weighted by molar-refractivity contribution is 7.71. The van der Waals surface area contributed by atoms with Crippen molar-refractivity contribution in [3.63, 3.8) is 0 Å². The molecule has 3 rings (SSSR count). The molecule has 0 saturated carbocycles. The third kappa shape index (κ3) is 2.71. The maximum absolute atomic E-state index is 10.1. The van der Waals surface area contributed by atoms with E-state index in [2.05, 4.69) is 0 Å². The highest BCUT2D eigenvalue weighted by Gasteiger charge is 2.46. The van der Waals surface area contributed by atoms with Crippen LogP contribution in [-0.2, 0) is 9.47 Å². The van der Waals surface area contributed by atoms with Crippen molar-refractivity contribution in [3.05, 3.63) is 17.2 Å². The summed E-state index contributed by atoms with van der Waals surface area (Å²) in [4.78, 5) is 0. The van der Waals surface area contributed by atoms with E-state index in [1.54, 1.807) is 0 Å². The molecule has 24 heavy (non-hydrogen) atoms. The number of hydrogen-bond donors (Lipinski definition) is 6. The molecule has 2 fully saturated rings. The Morgan fingerprint density at radius 1 is 0.792 bits per heavy atom. The Morgan fingerprint density at radius 2 is 1.17 bits per heavy atom. The lowest BCUT2D eigenvalue weighted by Crippen LogP contribution is -2.33. The van der Waals surface area contributed by atoms with Crippen LogP contribution in [0.4, 0.5) is 0 Å². The second-order valence-corrected chi connectivity index (χ2v) is 6.22. The molecule has 0 spiro atoms. The first-order chi connectivity index (χ1) is 11.4. The summed E-state index contributed by atoms with van der Waals surface area (Å²) in [6, 6.07) is 0. The van der Waals surface area contributed by atoms with E-state index in [1.807, 2.05) is 0 Å². The van der Waals surface area contributed by atoms with Gasteiger partial charge < -0.3 is 40.1 Å². The zero-order valence-electron chi connectivity index (χ0n) is 12.5. The number of aromatic nitrogens is 2. The predicted molar refractivity (Wildman–Crippen MR) is 79.3 cm³/mol. The van der Waals surface area contributed by atoms with Gasteiger partial charge in [-0.1, -0.05) is 0 Å². The van der Waals surface area contributed by atoms with Crippen LogP contribution in [0.1, 0.15) is 12.5 Å². The van der Waals surface area contributed by atoms with E-state index >= 15 is 0 Å². The van der Waals surface area contributed by atoms with Crippen molar-refractivity contribution in [3.8, 4) is 0 Å². The molecule has 3 heterocycles. The van der Waals surface area contributed by atoms with Gasteiger partial charge in [-0.05, 0) is 12.2 Å². The van der Waals surface area contributed by atoms with E-state index in [1.165, 1.54) is 21.5 Å². The van der Waals surface area contributed by atoms with Crippen LogP contribution in [0.3, 0.4) is 0 Å². The SMILES string of the molecule is OC[C@H]1O[C@@H](n2ccn([C@@H]3O[C@H](CO)[C@@H](O)[C@H]3O)c2=S)[C@H](O)[C@@H]1O. The zero-order valence-corrected chi connectivity index (χ0v) is 13.3. The molecule has 0 radical (unpaired) electrons. The van der Waals surface area contributed by atoms with Gasteiger partial charge in [-0.15, -0.1) is 0 Å². The minimum absolute atomic E-state index is 0.111. The van der Waals surface area contributed by atoms with E-state index < -0.39 is 62.3 Å². The number of ether oxygens (including phenoxy) is 2. The Balaban J connectivity index is 1.86.